The van der Waals surface area contributed by atoms with Gasteiger partial charge in [-0.15, -0.1) is 0 Å². The number of carbonyl (C=O) groups excluding carboxylic acids is 1. The van der Waals surface area contributed by atoms with E-state index in [-0.39, 0.29) is 24.4 Å². The highest BCUT2D eigenvalue weighted by molar-refractivity contribution is 5.86. The first-order valence-corrected chi connectivity index (χ1v) is 5.48. The van der Waals surface area contributed by atoms with Crippen molar-refractivity contribution in [3.8, 4) is 0 Å². The molecule has 0 radical (unpaired) electrons. The Hall–Kier alpha value is -1.06. The molecule has 4 nitrogen and oxygen atoms in total. The fourth-order valence-corrected chi connectivity index (χ4v) is 2.27. The summed E-state index contributed by atoms with van der Waals surface area (Å²) < 4.78 is 0. The molecule has 2 rings (SSSR count). The van der Waals surface area contributed by atoms with E-state index < -0.39 is 5.97 Å². The Labute approximate surface area is 89.3 Å². The number of hydrogen-bond donors (Lipinski definition) is 1. The Balaban J connectivity index is 1.98. The van der Waals surface area contributed by atoms with E-state index in [2.05, 4.69) is 0 Å². The average Bonchev–Trinajstić information content (AvgIpc) is 3.02. The van der Waals surface area contributed by atoms with E-state index in [1.54, 1.807) is 0 Å². The van der Waals surface area contributed by atoms with Crippen LogP contribution in [0.25, 0.3) is 0 Å². The molecule has 1 amide bonds. The van der Waals surface area contributed by atoms with Gasteiger partial charge < -0.3 is 10.0 Å². The summed E-state index contributed by atoms with van der Waals surface area (Å²) >= 11 is 0. The second-order valence-corrected chi connectivity index (χ2v) is 5.07. The zero-order chi connectivity index (χ0) is 11.2. The van der Waals surface area contributed by atoms with E-state index in [4.69, 9.17) is 5.11 Å². The number of hydrogen-bond acceptors (Lipinski definition) is 2. The predicted molar refractivity (Wildman–Crippen MR) is 54.3 cm³/mol. The number of carbonyl (C=O) groups is 2. The molecule has 2 fully saturated rings. The maximum absolute atomic E-state index is 12.0. The van der Waals surface area contributed by atoms with E-state index in [0.29, 0.717) is 5.41 Å². The Bertz CT molecular complexity index is 307. The van der Waals surface area contributed by atoms with Gasteiger partial charge in [-0.1, -0.05) is 0 Å². The highest BCUT2D eigenvalue weighted by Crippen LogP contribution is 2.71. The smallest absolute Gasteiger partial charge is 0.323 e. The summed E-state index contributed by atoms with van der Waals surface area (Å²) in [6.45, 7) is 3.56. The second-order valence-electron chi connectivity index (χ2n) is 5.07. The van der Waals surface area contributed by atoms with Crippen molar-refractivity contribution in [2.24, 2.45) is 11.3 Å². The number of rotatable bonds is 4. The molecule has 0 aromatic heterocycles. The number of nitrogens with zero attached hydrogens (tertiary/aromatic N) is 1. The van der Waals surface area contributed by atoms with Crippen molar-refractivity contribution < 1.29 is 14.7 Å². The van der Waals surface area contributed by atoms with Crippen LogP contribution in [0.5, 0.6) is 0 Å². The van der Waals surface area contributed by atoms with Gasteiger partial charge in [-0.25, -0.2) is 0 Å². The van der Waals surface area contributed by atoms with Gasteiger partial charge in [-0.05, 0) is 38.5 Å². The fraction of sp³-hybridized carbons (Fsp3) is 0.818. The first kappa shape index (κ1) is 10.5. The highest BCUT2D eigenvalue weighted by atomic mass is 16.4. The lowest BCUT2D eigenvalue weighted by atomic mass is 10.2. The van der Waals surface area contributed by atoms with Gasteiger partial charge in [0.15, 0.2) is 0 Å². The Kier molecular flexibility index (Phi) is 2.24. The van der Waals surface area contributed by atoms with Gasteiger partial charge in [0.1, 0.15) is 6.54 Å². The SMILES string of the molecule is CC(C)N(CC(=O)O)C(=O)C1CC12CC2. The Morgan fingerprint density at radius 3 is 2.40 bits per heavy atom. The van der Waals surface area contributed by atoms with Gasteiger partial charge in [0.05, 0.1) is 0 Å². The molecule has 1 unspecified atom stereocenters. The average molecular weight is 211 g/mol. The molecule has 15 heavy (non-hydrogen) atoms. The van der Waals surface area contributed by atoms with Gasteiger partial charge in [-0.2, -0.15) is 0 Å². The van der Waals surface area contributed by atoms with E-state index in [1.165, 1.54) is 4.90 Å². The van der Waals surface area contributed by atoms with E-state index in [1.807, 2.05) is 13.8 Å². The van der Waals surface area contributed by atoms with Crippen LogP contribution in [-0.2, 0) is 9.59 Å². The van der Waals surface area contributed by atoms with Gasteiger partial charge >= 0.3 is 5.97 Å². The number of carboxylic acid groups (broad SMARTS) is 1. The normalized spacial score (nSPS) is 25.4. The maximum Gasteiger partial charge on any atom is 0.323 e. The molecule has 4 heteroatoms. The lowest BCUT2D eigenvalue weighted by molar-refractivity contribution is -0.146. The molecule has 0 aromatic carbocycles. The molecule has 0 aliphatic heterocycles. The standard InChI is InChI=1S/C11H17NO3/c1-7(2)12(6-9(13)14)10(15)8-5-11(8)3-4-11/h7-8H,3-6H2,1-2H3,(H,13,14). The van der Waals surface area contributed by atoms with Crippen molar-refractivity contribution in [3.05, 3.63) is 0 Å². The lowest BCUT2D eigenvalue weighted by Gasteiger charge is -2.25. The quantitative estimate of drug-likeness (QED) is 0.757. The second kappa shape index (κ2) is 3.22. The topological polar surface area (TPSA) is 57.6 Å². The molecule has 0 saturated heterocycles. The van der Waals surface area contributed by atoms with Crippen LogP contribution >= 0.6 is 0 Å². The lowest BCUT2D eigenvalue weighted by Crippen LogP contribution is -2.41. The van der Waals surface area contributed by atoms with E-state index >= 15 is 0 Å². The van der Waals surface area contributed by atoms with Crippen LogP contribution in [0.15, 0.2) is 0 Å². The third-order valence-electron chi connectivity index (χ3n) is 3.59. The van der Waals surface area contributed by atoms with Crippen LogP contribution in [0.3, 0.4) is 0 Å². The molecule has 1 N–H and O–H groups in total. The molecule has 0 heterocycles. The summed E-state index contributed by atoms with van der Waals surface area (Å²) in [4.78, 5) is 24.1. The molecular weight excluding hydrogens is 194 g/mol. The summed E-state index contributed by atoms with van der Waals surface area (Å²) in [5.74, 6) is -0.758. The third-order valence-corrected chi connectivity index (χ3v) is 3.59. The van der Waals surface area contributed by atoms with Crippen molar-refractivity contribution in [3.63, 3.8) is 0 Å². The number of aliphatic carboxylic acids is 1. The van der Waals surface area contributed by atoms with Crippen molar-refractivity contribution in [1.29, 1.82) is 0 Å². The van der Waals surface area contributed by atoms with Crippen LogP contribution in [0.1, 0.15) is 33.1 Å². The van der Waals surface area contributed by atoms with Crippen LogP contribution in [0, 0.1) is 11.3 Å². The minimum absolute atomic E-state index is 0.0231. The summed E-state index contributed by atoms with van der Waals surface area (Å²) in [6, 6.07) is -0.0231. The molecule has 1 spiro atoms. The highest BCUT2D eigenvalue weighted by Gasteiger charge is 2.66. The molecule has 1 atom stereocenters. The van der Waals surface area contributed by atoms with Gasteiger partial charge in [0.2, 0.25) is 5.91 Å². The van der Waals surface area contributed by atoms with Crippen molar-refractivity contribution in [1.82, 2.24) is 4.90 Å². The Morgan fingerprint density at radius 2 is 2.07 bits per heavy atom. The van der Waals surface area contributed by atoms with Crippen molar-refractivity contribution in [2.75, 3.05) is 6.54 Å². The molecule has 0 aromatic rings. The van der Waals surface area contributed by atoms with Crippen LogP contribution < -0.4 is 0 Å². The molecule has 2 aliphatic rings. The summed E-state index contributed by atoms with van der Waals surface area (Å²) in [5.41, 5.74) is 0.308. The van der Waals surface area contributed by atoms with E-state index in [0.717, 1.165) is 19.3 Å². The zero-order valence-electron chi connectivity index (χ0n) is 9.19. The minimum atomic E-state index is -0.928. The molecule has 2 aliphatic carbocycles. The largest absolute Gasteiger partial charge is 0.480 e. The first-order chi connectivity index (χ1) is 6.96. The Morgan fingerprint density at radius 1 is 1.47 bits per heavy atom. The molecule has 84 valence electrons. The zero-order valence-corrected chi connectivity index (χ0v) is 9.19. The number of amides is 1. The van der Waals surface area contributed by atoms with E-state index in [9.17, 15) is 9.59 Å². The van der Waals surface area contributed by atoms with Crippen LogP contribution in [0.2, 0.25) is 0 Å². The molecular formula is C11H17NO3. The summed E-state index contributed by atoms with van der Waals surface area (Å²) in [6.07, 6.45) is 3.29. The van der Waals surface area contributed by atoms with Crippen molar-refractivity contribution >= 4 is 11.9 Å². The molecule has 0 bridgehead atoms. The first-order valence-electron chi connectivity index (χ1n) is 5.48. The molecule has 2 saturated carbocycles. The fourth-order valence-electron chi connectivity index (χ4n) is 2.27. The van der Waals surface area contributed by atoms with Gasteiger partial charge in [0, 0.05) is 12.0 Å². The predicted octanol–water partition coefficient (Wildman–Crippen LogP) is 1.11. The third kappa shape index (κ3) is 1.85. The summed E-state index contributed by atoms with van der Waals surface area (Å²) in [7, 11) is 0. The summed E-state index contributed by atoms with van der Waals surface area (Å²) in [5, 5.41) is 8.74. The monoisotopic (exact) mass is 211 g/mol. The maximum atomic E-state index is 12.0. The van der Waals surface area contributed by atoms with Crippen LogP contribution in [-0.4, -0.2) is 34.5 Å². The number of carboxylic acids is 1. The van der Waals surface area contributed by atoms with Gasteiger partial charge in [-0.3, -0.25) is 9.59 Å². The van der Waals surface area contributed by atoms with Gasteiger partial charge in [0.25, 0.3) is 0 Å². The minimum Gasteiger partial charge on any atom is -0.480 e. The van der Waals surface area contributed by atoms with Crippen LogP contribution in [0.4, 0.5) is 0 Å². The van der Waals surface area contributed by atoms with Crippen molar-refractivity contribution in [2.45, 2.75) is 39.2 Å².